The minimum Gasteiger partial charge on any atom is -0.481 e. The molecule has 0 aromatic heterocycles. The summed E-state index contributed by atoms with van der Waals surface area (Å²) >= 11 is 5.56. The zero-order valence-corrected chi connectivity index (χ0v) is 9.85. The average Bonchev–Trinajstić information content (AvgIpc) is 2.19. The third kappa shape index (κ3) is 4.28. The second-order valence-corrected chi connectivity index (χ2v) is 5.18. The molecular formula is C10H10ClFO3S. The van der Waals surface area contributed by atoms with E-state index in [2.05, 4.69) is 0 Å². The highest BCUT2D eigenvalue weighted by atomic mass is 35.5. The smallest absolute Gasteiger partial charge is 0.304 e. The molecule has 0 aliphatic heterocycles. The summed E-state index contributed by atoms with van der Waals surface area (Å²) in [5, 5.41) is 8.67. The van der Waals surface area contributed by atoms with Gasteiger partial charge in [0.15, 0.2) is 0 Å². The van der Waals surface area contributed by atoms with E-state index in [1.165, 1.54) is 12.1 Å². The van der Waals surface area contributed by atoms with Gasteiger partial charge >= 0.3 is 5.97 Å². The number of hydrogen-bond acceptors (Lipinski definition) is 2. The molecular weight excluding hydrogens is 255 g/mol. The van der Waals surface area contributed by atoms with Gasteiger partial charge in [-0.1, -0.05) is 17.7 Å². The molecule has 0 radical (unpaired) electrons. The normalized spacial score (nSPS) is 12.4. The van der Waals surface area contributed by atoms with Crippen LogP contribution in [0.4, 0.5) is 4.39 Å². The largest absolute Gasteiger partial charge is 0.481 e. The topological polar surface area (TPSA) is 54.4 Å². The maximum absolute atomic E-state index is 13.3. The van der Waals surface area contributed by atoms with Gasteiger partial charge in [-0.05, 0) is 12.1 Å². The van der Waals surface area contributed by atoms with Gasteiger partial charge in [0, 0.05) is 27.1 Å². The fraction of sp³-hybridized carbons (Fsp3) is 0.300. The Labute approximate surface area is 99.7 Å². The van der Waals surface area contributed by atoms with E-state index in [0.717, 1.165) is 6.07 Å². The standard InChI is InChI=1S/C10H10ClFO3S/c11-8-2-1-7(9(12)5-8)6-16(15)4-3-10(13)14/h1-2,5H,3-4,6H2,(H,13,14). The first kappa shape index (κ1) is 13.1. The lowest BCUT2D eigenvalue weighted by Crippen LogP contribution is -2.07. The Bertz CT molecular complexity index is 423. The molecule has 0 aliphatic carbocycles. The summed E-state index contributed by atoms with van der Waals surface area (Å²) in [6, 6.07) is 4.11. The summed E-state index contributed by atoms with van der Waals surface area (Å²) in [6.45, 7) is 0. The van der Waals surface area contributed by atoms with Crippen molar-refractivity contribution in [2.75, 3.05) is 5.75 Å². The van der Waals surface area contributed by atoms with Crippen LogP contribution in [0.2, 0.25) is 5.02 Å². The van der Waals surface area contributed by atoms with E-state index in [1.54, 1.807) is 0 Å². The van der Waals surface area contributed by atoms with Crippen molar-refractivity contribution in [1.29, 1.82) is 0 Å². The molecule has 0 amide bonds. The Morgan fingerprint density at radius 3 is 2.75 bits per heavy atom. The van der Waals surface area contributed by atoms with Crippen molar-refractivity contribution in [3.05, 3.63) is 34.6 Å². The molecule has 0 fully saturated rings. The van der Waals surface area contributed by atoms with Crippen LogP contribution in [0.15, 0.2) is 18.2 Å². The van der Waals surface area contributed by atoms with E-state index in [1.807, 2.05) is 0 Å². The molecule has 1 atom stereocenters. The highest BCUT2D eigenvalue weighted by Gasteiger charge is 2.09. The molecule has 1 unspecified atom stereocenters. The van der Waals surface area contributed by atoms with Crippen LogP contribution in [0.5, 0.6) is 0 Å². The van der Waals surface area contributed by atoms with E-state index >= 15 is 0 Å². The van der Waals surface area contributed by atoms with Gasteiger partial charge in [-0.15, -0.1) is 0 Å². The number of carboxylic acid groups (broad SMARTS) is 1. The predicted octanol–water partition coefficient (Wildman–Crippen LogP) is 2.20. The van der Waals surface area contributed by atoms with E-state index in [4.69, 9.17) is 16.7 Å². The number of carbonyl (C=O) groups is 1. The van der Waals surface area contributed by atoms with Crippen LogP contribution in [0.25, 0.3) is 0 Å². The molecule has 1 aromatic rings. The van der Waals surface area contributed by atoms with Crippen LogP contribution < -0.4 is 0 Å². The first-order chi connectivity index (χ1) is 7.49. The lowest BCUT2D eigenvalue weighted by Gasteiger charge is -2.03. The summed E-state index contributed by atoms with van der Waals surface area (Å²) in [6.07, 6.45) is -0.179. The molecule has 1 rings (SSSR count). The third-order valence-electron chi connectivity index (χ3n) is 1.88. The fourth-order valence-electron chi connectivity index (χ4n) is 1.09. The van der Waals surface area contributed by atoms with Crippen molar-refractivity contribution >= 4 is 28.4 Å². The number of carboxylic acids is 1. The summed E-state index contributed by atoms with van der Waals surface area (Å²) in [5.74, 6) is -1.49. The van der Waals surface area contributed by atoms with Gasteiger partial charge in [-0.3, -0.25) is 9.00 Å². The Morgan fingerprint density at radius 2 is 2.19 bits per heavy atom. The van der Waals surface area contributed by atoms with Gasteiger partial charge in [0.05, 0.1) is 12.2 Å². The van der Waals surface area contributed by atoms with Crippen LogP contribution >= 0.6 is 11.6 Å². The Morgan fingerprint density at radius 1 is 1.50 bits per heavy atom. The number of hydrogen-bond donors (Lipinski definition) is 1. The highest BCUT2D eigenvalue weighted by Crippen LogP contribution is 2.16. The van der Waals surface area contributed by atoms with E-state index in [9.17, 15) is 13.4 Å². The van der Waals surface area contributed by atoms with E-state index in [-0.39, 0.29) is 28.5 Å². The molecule has 0 bridgehead atoms. The molecule has 88 valence electrons. The summed E-state index contributed by atoms with van der Waals surface area (Å²) in [4.78, 5) is 10.2. The second kappa shape index (κ2) is 5.96. The predicted molar refractivity (Wildman–Crippen MR) is 60.4 cm³/mol. The molecule has 0 saturated carbocycles. The van der Waals surface area contributed by atoms with Gasteiger partial charge in [0.1, 0.15) is 5.82 Å². The molecule has 0 saturated heterocycles. The summed E-state index contributed by atoms with van der Waals surface area (Å²) in [5.41, 5.74) is 0.285. The zero-order chi connectivity index (χ0) is 12.1. The molecule has 0 heterocycles. The van der Waals surface area contributed by atoms with Crippen molar-refractivity contribution in [2.24, 2.45) is 0 Å². The van der Waals surface area contributed by atoms with Crippen LogP contribution in [0.1, 0.15) is 12.0 Å². The molecule has 16 heavy (non-hydrogen) atoms. The van der Waals surface area contributed by atoms with E-state index in [0.29, 0.717) is 0 Å². The number of aliphatic carboxylic acids is 1. The molecule has 6 heteroatoms. The third-order valence-corrected chi connectivity index (χ3v) is 3.40. The summed E-state index contributed by atoms with van der Waals surface area (Å²) in [7, 11) is -1.37. The van der Waals surface area contributed by atoms with Crippen molar-refractivity contribution in [3.63, 3.8) is 0 Å². The number of rotatable bonds is 5. The summed E-state index contributed by atoms with van der Waals surface area (Å²) < 4.78 is 24.7. The SMILES string of the molecule is O=C(O)CCS(=O)Cc1ccc(Cl)cc1F. The minimum absolute atomic E-state index is 0.0102. The van der Waals surface area contributed by atoms with Crippen LogP contribution in [0.3, 0.4) is 0 Å². The molecule has 0 aliphatic rings. The number of halogens is 2. The van der Waals surface area contributed by atoms with Crippen molar-refractivity contribution in [3.8, 4) is 0 Å². The van der Waals surface area contributed by atoms with Gasteiger partial charge in [-0.2, -0.15) is 0 Å². The monoisotopic (exact) mass is 264 g/mol. The first-order valence-corrected chi connectivity index (χ1v) is 6.36. The quantitative estimate of drug-likeness (QED) is 0.887. The maximum atomic E-state index is 13.3. The zero-order valence-electron chi connectivity index (χ0n) is 8.28. The Hall–Kier alpha value is -0.940. The Kier molecular flexibility index (Phi) is 4.89. The lowest BCUT2D eigenvalue weighted by atomic mass is 10.2. The maximum Gasteiger partial charge on any atom is 0.304 e. The van der Waals surface area contributed by atoms with Gasteiger partial charge in [0.25, 0.3) is 0 Å². The lowest BCUT2D eigenvalue weighted by molar-refractivity contribution is -0.136. The molecule has 1 N–H and O–H groups in total. The van der Waals surface area contributed by atoms with E-state index < -0.39 is 22.6 Å². The minimum atomic E-state index is -1.37. The van der Waals surface area contributed by atoms with Crippen molar-refractivity contribution < 1.29 is 18.5 Å². The first-order valence-electron chi connectivity index (χ1n) is 4.49. The second-order valence-electron chi connectivity index (χ2n) is 3.17. The Balaban J connectivity index is 2.59. The molecule has 1 aromatic carbocycles. The number of benzene rings is 1. The van der Waals surface area contributed by atoms with Crippen LogP contribution in [-0.2, 0) is 21.3 Å². The fourth-order valence-corrected chi connectivity index (χ4v) is 2.37. The van der Waals surface area contributed by atoms with Crippen molar-refractivity contribution in [2.45, 2.75) is 12.2 Å². The highest BCUT2D eigenvalue weighted by molar-refractivity contribution is 7.84. The van der Waals surface area contributed by atoms with Gasteiger partial charge in [-0.25, -0.2) is 4.39 Å². The van der Waals surface area contributed by atoms with Crippen molar-refractivity contribution in [1.82, 2.24) is 0 Å². The molecule has 0 spiro atoms. The average molecular weight is 265 g/mol. The van der Waals surface area contributed by atoms with Crippen LogP contribution in [-0.4, -0.2) is 21.0 Å². The van der Waals surface area contributed by atoms with Gasteiger partial charge in [0.2, 0.25) is 0 Å². The van der Waals surface area contributed by atoms with Crippen LogP contribution in [0, 0.1) is 5.82 Å². The molecule has 3 nitrogen and oxygen atoms in total. The van der Waals surface area contributed by atoms with Gasteiger partial charge < -0.3 is 5.11 Å².